The average molecular weight is 241 g/mol. The molecule has 1 fully saturated rings. The third kappa shape index (κ3) is 1.60. The highest BCUT2D eigenvalue weighted by Gasteiger charge is 2.52. The molecular formula is C11H15NO3S. The minimum Gasteiger partial charge on any atom is -0.497 e. The van der Waals surface area contributed by atoms with Crippen molar-refractivity contribution in [2.45, 2.75) is 29.5 Å². The van der Waals surface area contributed by atoms with E-state index in [0.717, 1.165) is 0 Å². The SMILES string of the molecule is COc1ccc(S(=O)(=O)C2(N)CC2)c(C)c1. The molecule has 0 unspecified atom stereocenters. The second-order valence-corrected chi connectivity index (χ2v) is 6.46. The minimum absolute atomic E-state index is 0.313. The predicted molar refractivity (Wildman–Crippen MR) is 61.1 cm³/mol. The molecule has 4 nitrogen and oxygen atoms in total. The van der Waals surface area contributed by atoms with Gasteiger partial charge < -0.3 is 10.5 Å². The van der Waals surface area contributed by atoms with Gasteiger partial charge in [-0.1, -0.05) is 0 Å². The molecule has 1 aliphatic carbocycles. The Bertz CT molecular complexity index is 518. The molecule has 2 N–H and O–H groups in total. The van der Waals surface area contributed by atoms with Crippen molar-refractivity contribution in [3.63, 3.8) is 0 Å². The molecule has 0 heterocycles. The van der Waals surface area contributed by atoms with Crippen molar-refractivity contribution >= 4 is 9.84 Å². The van der Waals surface area contributed by atoms with Crippen LogP contribution in [-0.4, -0.2) is 20.4 Å². The number of hydrogen-bond donors (Lipinski definition) is 1. The Hall–Kier alpha value is -1.07. The molecule has 1 aliphatic rings. The summed E-state index contributed by atoms with van der Waals surface area (Å²) in [6.45, 7) is 1.75. The van der Waals surface area contributed by atoms with Gasteiger partial charge in [0.25, 0.3) is 0 Å². The number of benzene rings is 1. The smallest absolute Gasteiger partial charge is 0.197 e. The standard InChI is InChI=1S/C11H15NO3S/c1-8-7-9(15-2)3-4-10(8)16(13,14)11(12)5-6-11/h3-4,7H,5-6,12H2,1-2H3. The summed E-state index contributed by atoms with van der Waals surface area (Å²) in [5.41, 5.74) is 6.45. The molecule has 0 aromatic heterocycles. The number of ether oxygens (including phenoxy) is 1. The van der Waals surface area contributed by atoms with Crippen LogP contribution in [0, 0.1) is 6.92 Å². The summed E-state index contributed by atoms with van der Waals surface area (Å²) in [6.07, 6.45) is 1.08. The Kier molecular flexibility index (Phi) is 2.47. The van der Waals surface area contributed by atoms with E-state index in [9.17, 15) is 8.42 Å². The summed E-state index contributed by atoms with van der Waals surface area (Å²) in [5, 5.41) is 0. The molecule has 1 aromatic rings. The lowest BCUT2D eigenvalue weighted by Crippen LogP contribution is -2.33. The van der Waals surface area contributed by atoms with E-state index in [2.05, 4.69) is 0 Å². The molecule has 0 spiro atoms. The fourth-order valence-electron chi connectivity index (χ4n) is 1.66. The van der Waals surface area contributed by atoms with E-state index in [1.807, 2.05) is 0 Å². The average Bonchev–Trinajstić information content (AvgIpc) is 2.97. The van der Waals surface area contributed by atoms with Gasteiger partial charge in [-0.25, -0.2) is 8.42 Å². The Morgan fingerprint density at radius 1 is 1.38 bits per heavy atom. The van der Waals surface area contributed by atoms with Crippen LogP contribution in [0.2, 0.25) is 0 Å². The van der Waals surface area contributed by atoms with Crippen LogP contribution in [0.25, 0.3) is 0 Å². The molecule has 0 radical (unpaired) electrons. The first-order valence-corrected chi connectivity index (χ1v) is 6.57. The molecule has 5 heteroatoms. The van der Waals surface area contributed by atoms with Gasteiger partial charge in [-0.2, -0.15) is 0 Å². The lowest BCUT2D eigenvalue weighted by Gasteiger charge is -2.13. The number of hydrogen-bond acceptors (Lipinski definition) is 4. The zero-order valence-electron chi connectivity index (χ0n) is 9.36. The fourth-order valence-corrected chi connectivity index (χ4v) is 3.47. The molecule has 0 bridgehead atoms. The van der Waals surface area contributed by atoms with E-state index in [1.165, 1.54) is 0 Å². The van der Waals surface area contributed by atoms with Crippen molar-refractivity contribution in [2.24, 2.45) is 5.73 Å². The quantitative estimate of drug-likeness (QED) is 0.864. The van der Waals surface area contributed by atoms with E-state index in [1.54, 1.807) is 32.2 Å². The Balaban J connectivity index is 2.49. The summed E-state index contributed by atoms with van der Waals surface area (Å²) in [6, 6.07) is 4.92. The number of methoxy groups -OCH3 is 1. The minimum atomic E-state index is -3.40. The second-order valence-electron chi connectivity index (χ2n) is 4.20. The predicted octanol–water partition coefficient (Wildman–Crippen LogP) is 1.23. The van der Waals surface area contributed by atoms with Crippen LogP contribution >= 0.6 is 0 Å². The van der Waals surface area contributed by atoms with Gasteiger partial charge in [-0.05, 0) is 43.5 Å². The highest BCUT2D eigenvalue weighted by molar-refractivity contribution is 7.93. The lowest BCUT2D eigenvalue weighted by molar-refractivity contribution is 0.414. The summed E-state index contributed by atoms with van der Waals surface area (Å²) < 4.78 is 29.4. The third-order valence-corrected chi connectivity index (χ3v) is 5.47. The van der Waals surface area contributed by atoms with Gasteiger partial charge in [0.15, 0.2) is 9.84 Å². The number of sulfone groups is 1. The van der Waals surface area contributed by atoms with Crippen LogP contribution in [-0.2, 0) is 9.84 Å². The zero-order chi connectivity index (χ0) is 12.0. The number of nitrogens with two attached hydrogens (primary N) is 1. The van der Waals surface area contributed by atoms with Gasteiger partial charge in [0.1, 0.15) is 10.6 Å². The van der Waals surface area contributed by atoms with Crippen molar-refractivity contribution in [1.82, 2.24) is 0 Å². The Morgan fingerprint density at radius 2 is 2.00 bits per heavy atom. The first-order chi connectivity index (χ1) is 7.40. The van der Waals surface area contributed by atoms with Crippen LogP contribution in [0.3, 0.4) is 0 Å². The van der Waals surface area contributed by atoms with Crippen LogP contribution in [0.5, 0.6) is 5.75 Å². The van der Waals surface area contributed by atoms with Crippen LogP contribution in [0.1, 0.15) is 18.4 Å². The van der Waals surface area contributed by atoms with Crippen molar-refractivity contribution < 1.29 is 13.2 Å². The molecule has 1 aromatic carbocycles. The van der Waals surface area contributed by atoms with Gasteiger partial charge in [0.05, 0.1) is 12.0 Å². The van der Waals surface area contributed by atoms with Gasteiger partial charge in [0, 0.05) is 0 Å². The fraction of sp³-hybridized carbons (Fsp3) is 0.455. The lowest BCUT2D eigenvalue weighted by atomic mass is 10.2. The number of aryl methyl sites for hydroxylation is 1. The second kappa shape index (κ2) is 3.46. The van der Waals surface area contributed by atoms with E-state index in [0.29, 0.717) is 29.1 Å². The molecule has 0 atom stereocenters. The normalized spacial score (nSPS) is 18.2. The molecular weight excluding hydrogens is 226 g/mol. The molecule has 88 valence electrons. The first kappa shape index (κ1) is 11.4. The maximum absolute atomic E-state index is 12.2. The Morgan fingerprint density at radius 3 is 2.44 bits per heavy atom. The topological polar surface area (TPSA) is 69.4 Å². The largest absolute Gasteiger partial charge is 0.497 e. The monoisotopic (exact) mass is 241 g/mol. The van der Waals surface area contributed by atoms with E-state index in [-0.39, 0.29) is 0 Å². The molecule has 0 amide bonds. The number of rotatable bonds is 3. The van der Waals surface area contributed by atoms with Gasteiger partial charge in [-0.15, -0.1) is 0 Å². The van der Waals surface area contributed by atoms with E-state index < -0.39 is 14.7 Å². The van der Waals surface area contributed by atoms with Gasteiger partial charge >= 0.3 is 0 Å². The van der Waals surface area contributed by atoms with Gasteiger partial charge in [0.2, 0.25) is 0 Å². The van der Waals surface area contributed by atoms with Crippen molar-refractivity contribution in [3.05, 3.63) is 23.8 Å². The van der Waals surface area contributed by atoms with E-state index in [4.69, 9.17) is 10.5 Å². The van der Waals surface area contributed by atoms with Crippen LogP contribution < -0.4 is 10.5 Å². The Labute approximate surface area is 95.3 Å². The van der Waals surface area contributed by atoms with Crippen molar-refractivity contribution in [1.29, 1.82) is 0 Å². The first-order valence-electron chi connectivity index (χ1n) is 5.09. The zero-order valence-corrected chi connectivity index (χ0v) is 10.2. The molecule has 1 saturated carbocycles. The van der Waals surface area contributed by atoms with Crippen molar-refractivity contribution in [3.8, 4) is 5.75 Å². The molecule has 2 rings (SSSR count). The van der Waals surface area contributed by atoms with Crippen LogP contribution in [0.15, 0.2) is 23.1 Å². The third-order valence-electron chi connectivity index (χ3n) is 2.95. The maximum atomic E-state index is 12.2. The van der Waals surface area contributed by atoms with Gasteiger partial charge in [-0.3, -0.25) is 0 Å². The highest BCUT2D eigenvalue weighted by Crippen LogP contribution is 2.42. The summed E-state index contributed by atoms with van der Waals surface area (Å²) >= 11 is 0. The van der Waals surface area contributed by atoms with E-state index >= 15 is 0 Å². The maximum Gasteiger partial charge on any atom is 0.197 e. The summed E-state index contributed by atoms with van der Waals surface area (Å²) in [5.74, 6) is 0.651. The highest BCUT2D eigenvalue weighted by atomic mass is 32.2. The van der Waals surface area contributed by atoms with Crippen LogP contribution in [0.4, 0.5) is 0 Å². The summed E-state index contributed by atoms with van der Waals surface area (Å²) in [4.78, 5) is -0.722. The molecule has 0 aliphatic heterocycles. The van der Waals surface area contributed by atoms with Crippen molar-refractivity contribution in [2.75, 3.05) is 7.11 Å². The molecule has 0 saturated heterocycles. The summed E-state index contributed by atoms with van der Waals surface area (Å²) in [7, 11) is -1.85. The molecule has 16 heavy (non-hydrogen) atoms.